The van der Waals surface area contributed by atoms with Crippen LogP contribution in [0.25, 0.3) is 0 Å². The maximum Gasteiger partial charge on any atom is 0.241 e. The molecule has 0 radical (unpaired) electrons. The van der Waals surface area contributed by atoms with Crippen LogP contribution in [-0.2, 0) is 14.8 Å². The first-order valence-corrected chi connectivity index (χ1v) is 9.39. The number of para-hydroxylation sites is 2. The SMILES string of the molecule is CCOc1ccccc1NC(=O)CNS(=O)(=O)c1ccc2c(c1)OCO2. The van der Waals surface area contributed by atoms with E-state index in [1.807, 2.05) is 6.92 Å². The van der Waals surface area contributed by atoms with E-state index in [4.69, 9.17) is 14.2 Å². The van der Waals surface area contributed by atoms with Crippen LogP contribution in [0, 0.1) is 0 Å². The Kier molecular flexibility index (Phi) is 5.29. The molecule has 3 rings (SSSR count). The number of carbonyl (C=O) groups excluding carboxylic acids is 1. The number of carbonyl (C=O) groups is 1. The predicted octanol–water partition coefficient (Wildman–Crippen LogP) is 1.73. The minimum atomic E-state index is -3.87. The topological polar surface area (TPSA) is 103 Å². The Balaban J connectivity index is 1.64. The van der Waals surface area contributed by atoms with Crippen molar-refractivity contribution in [3.63, 3.8) is 0 Å². The van der Waals surface area contributed by atoms with Gasteiger partial charge in [-0.2, -0.15) is 0 Å². The van der Waals surface area contributed by atoms with Gasteiger partial charge in [0.25, 0.3) is 0 Å². The van der Waals surface area contributed by atoms with Crippen molar-refractivity contribution in [3.8, 4) is 17.2 Å². The average molecular weight is 378 g/mol. The summed E-state index contributed by atoms with van der Waals surface area (Å²) in [5.74, 6) is 0.834. The summed E-state index contributed by atoms with van der Waals surface area (Å²) in [6.07, 6.45) is 0. The molecule has 1 heterocycles. The number of hydrogen-bond acceptors (Lipinski definition) is 6. The number of ether oxygens (including phenoxy) is 3. The first kappa shape index (κ1) is 18.0. The number of anilines is 1. The lowest BCUT2D eigenvalue weighted by Crippen LogP contribution is -2.33. The van der Waals surface area contributed by atoms with Crippen LogP contribution in [0.15, 0.2) is 47.4 Å². The first-order valence-electron chi connectivity index (χ1n) is 7.90. The Hall–Kier alpha value is -2.78. The molecule has 1 amide bonds. The van der Waals surface area contributed by atoms with Crippen LogP contribution in [0.4, 0.5) is 5.69 Å². The standard InChI is InChI=1S/C17H18N2O6S/c1-2-23-14-6-4-3-5-13(14)19-17(20)10-18-26(21,22)12-7-8-15-16(9-12)25-11-24-15/h3-9,18H,2,10-11H2,1H3,(H,19,20). The van der Waals surface area contributed by atoms with Crippen molar-refractivity contribution < 1.29 is 27.4 Å². The molecule has 9 heteroatoms. The molecule has 0 unspecified atom stereocenters. The van der Waals surface area contributed by atoms with Gasteiger partial charge in [-0.05, 0) is 31.2 Å². The number of amides is 1. The van der Waals surface area contributed by atoms with Crippen LogP contribution < -0.4 is 24.2 Å². The lowest BCUT2D eigenvalue weighted by atomic mass is 10.3. The normalized spacial score (nSPS) is 12.7. The van der Waals surface area contributed by atoms with E-state index < -0.39 is 22.5 Å². The molecule has 0 saturated heterocycles. The predicted molar refractivity (Wildman–Crippen MR) is 94.0 cm³/mol. The molecule has 0 aliphatic carbocycles. The summed E-state index contributed by atoms with van der Waals surface area (Å²) in [5.41, 5.74) is 0.474. The molecule has 26 heavy (non-hydrogen) atoms. The van der Waals surface area contributed by atoms with Crippen LogP contribution in [0.2, 0.25) is 0 Å². The Morgan fingerprint density at radius 2 is 1.92 bits per heavy atom. The van der Waals surface area contributed by atoms with E-state index in [0.717, 1.165) is 0 Å². The van der Waals surface area contributed by atoms with Crippen LogP contribution in [0.3, 0.4) is 0 Å². The van der Waals surface area contributed by atoms with Crippen molar-refractivity contribution in [1.29, 1.82) is 0 Å². The smallest absolute Gasteiger partial charge is 0.241 e. The Morgan fingerprint density at radius 3 is 2.73 bits per heavy atom. The fourth-order valence-electron chi connectivity index (χ4n) is 2.33. The van der Waals surface area contributed by atoms with Gasteiger partial charge in [0.15, 0.2) is 11.5 Å². The number of hydrogen-bond donors (Lipinski definition) is 2. The van der Waals surface area contributed by atoms with Gasteiger partial charge in [-0.3, -0.25) is 4.79 Å². The quantitative estimate of drug-likeness (QED) is 0.761. The lowest BCUT2D eigenvalue weighted by molar-refractivity contribution is -0.115. The molecular formula is C17H18N2O6S. The van der Waals surface area contributed by atoms with E-state index in [1.54, 1.807) is 24.3 Å². The number of benzene rings is 2. The molecule has 1 aliphatic heterocycles. The first-order chi connectivity index (χ1) is 12.5. The van der Waals surface area contributed by atoms with Crippen LogP contribution >= 0.6 is 0 Å². The summed E-state index contributed by atoms with van der Waals surface area (Å²) in [6.45, 7) is 1.91. The van der Waals surface area contributed by atoms with Gasteiger partial charge in [0.05, 0.1) is 23.7 Å². The molecule has 0 aromatic heterocycles. The second-order valence-corrected chi connectivity index (χ2v) is 7.08. The van der Waals surface area contributed by atoms with E-state index >= 15 is 0 Å². The molecule has 0 atom stereocenters. The summed E-state index contributed by atoms with van der Waals surface area (Å²) < 4.78 is 42.7. The van der Waals surface area contributed by atoms with Crippen LogP contribution in [0.1, 0.15) is 6.92 Å². The maximum atomic E-state index is 12.3. The van der Waals surface area contributed by atoms with Gasteiger partial charge < -0.3 is 19.5 Å². The van der Waals surface area contributed by atoms with Crippen molar-refractivity contribution in [2.24, 2.45) is 0 Å². The minimum absolute atomic E-state index is 0.00994. The summed E-state index contributed by atoms with van der Waals surface area (Å²) in [7, 11) is -3.87. The Bertz CT molecular complexity index is 913. The molecule has 2 aromatic rings. The minimum Gasteiger partial charge on any atom is -0.492 e. The third-order valence-corrected chi connectivity index (χ3v) is 4.94. The van der Waals surface area contributed by atoms with Gasteiger partial charge in [0.2, 0.25) is 22.7 Å². The molecular weight excluding hydrogens is 360 g/mol. The number of rotatable bonds is 7. The summed E-state index contributed by atoms with van der Waals surface area (Å²) in [6, 6.07) is 11.2. The van der Waals surface area contributed by atoms with Crippen molar-refractivity contribution in [2.45, 2.75) is 11.8 Å². The molecule has 0 bridgehead atoms. The zero-order chi connectivity index (χ0) is 18.6. The Morgan fingerprint density at radius 1 is 1.15 bits per heavy atom. The van der Waals surface area contributed by atoms with E-state index in [-0.39, 0.29) is 11.7 Å². The van der Waals surface area contributed by atoms with Gasteiger partial charge in [-0.25, -0.2) is 13.1 Å². The Labute approximate surface area is 151 Å². The summed E-state index contributed by atoms with van der Waals surface area (Å²) in [4.78, 5) is 12.1. The van der Waals surface area contributed by atoms with Crippen molar-refractivity contribution in [2.75, 3.05) is 25.3 Å². The second kappa shape index (κ2) is 7.63. The van der Waals surface area contributed by atoms with E-state index in [2.05, 4.69) is 10.0 Å². The highest BCUT2D eigenvalue weighted by molar-refractivity contribution is 7.89. The molecule has 0 saturated carbocycles. The zero-order valence-corrected chi connectivity index (χ0v) is 14.8. The number of sulfonamides is 1. The molecule has 138 valence electrons. The fraction of sp³-hybridized carbons (Fsp3) is 0.235. The molecule has 0 spiro atoms. The third-order valence-electron chi connectivity index (χ3n) is 3.54. The number of fused-ring (bicyclic) bond motifs is 1. The third kappa shape index (κ3) is 4.06. The summed E-state index contributed by atoms with van der Waals surface area (Å²) in [5, 5.41) is 2.63. The molecule has 1 aliphatic rings. The monoisotopic (exact) mass is 378 g/mol. The van der Waals surface area contributed by atoms with Gasteiger partial charge in [0.1, 0.15) is 5.75 Å². The molecule has 2 aromatic carbocycles. The van der Waals surface area contributed by atoms with Gasteiger partial charge in [-0.15, -0.1) is 0 Å². The highest BCUT2D eigenvalue weighted by Gasteiger charge is 2.21. The summed E-state index contributed by atoms with van der Waals surface area (Å²) >= 11 is 0. The highest BCUT2D eigenvalue weighted by atomic mass is 32.2. The molecule has 2 N–H and O–H groups in total. The highest BCUT2D eigenvalue weighted by Crippen LogP contribution is 2.33. The average Bonchev–Trinajstić information content (AvgIpc) is 3.10. The lowest BCUT2D eigenvalue weighted by Gasteiger charge is -2.12. The van der Waals surface area contributed by atoms with E-state index in [1.165, 1.54) is 18.2 Å². The van der Waals surface area contributed by atoms with E-state index in [9.17, 15) is 13.2 Å². The van der Waals surface area contributed by atoms with Crippen LogP contribution in [-0.4, -0.2) is 34.3 Å². The second-order valence-electron chi connectivity index (χ2n) is 5.32. The van der Waals surface area contributed by atoms with E-state index in [0.29, 0.717) is 29.5 Å². The van der Waals surface area contributed by atoms with Gasteiger partial charge in [-0.1, -0.05) is 12.1 Å². The van der Waals surface area contributed by atoms with Gasteiger partial charge >= 0.3 is 0 Å². The van der Waals surface area contributed by atoms with Crippen molar-refractivity contribution in [3.05, 3.63) is 42.5 Å². The fourth-order valence-corrected chi connectivity index (χ4v) is 3.33. The molecule has 0 fully saturated rings. The van der Waals surface area contributed by atoms with Crippen molar-refractivity contribution >= 4 is 21.6 Å². The zero-order valence-electron chi connectivity index (χ0n) is 14.0. The van der Waals surface area contributed by atoms with Gasteiger partial charge in [0, 0.05) is 6.07 Å². The maximum absolute atomic E-state index is 12.3. The molecule has 8 nitrogen and oxygen atoms in total. The largest absolute Gasteiger partial charge is 0.492 e. The number of nitrogens with one attached hydrogen (secondary N) is 2. The van der Waals surface area contributed by atoms with Crippen LogP contribution in [0.5, 0.6) is 17.2 Å². The van der Waals surface area contributed by atoms with Crippen molar-refractivity contribution in [1.82, 2.24) is 4.72 Å².